The van der Waals surface area contributed by atoms with E-state index in [0.717, 1.165) is 5.69 Å². The van der Waals surface area contributed by atoms with E-state index < -0.39 is 10.0 Å². The van der Waals surface area contributed by atoms with Gasteiger partial charge in [0.05, 0.1) is 17.7 Å². The largest absolute Gasteiger partial charge is 0.467 e. The monoisotopic (exact) mass is 457 g/mol. The van der Waals surface area contributed by atoms with Crippen molar-refractivity contribution in [3.8, 4) is 0 Å². The van der Waals surface area contributed by atoms with Crippen LogP contribution in [0.2, 0.25) is 0 Å². The molecule has 1 aliphatic heterocycles. The number of anilines is 1. The lowest BCUT2D eigenvalue weighted by molar-refractivity contribution is 0.0775. The fourth-order valence-corrected chi connectivity index (χ4v) is 5.17. The summed E-state index contributed by atoms with van der Waals surface area (Å²) in [6.45, 7) is 1.88. The maximum absolute atomic E-state index is 13.2. The van der Waals surface area contributed by atoms with Crippen LogP contribution in [0, 0.1) is 5.82 Å². The van der Waals surface area contributed by atoms with Gasteiger partial charge in [0.15, 0.2) is 0 Å². The Morgan fingerprint density at radius 2 is 1.75 bits per heavy atom. The molecule has 0 radical (unpaired) electrons. The Balaban J connectivity index is 1.45. The van der Waals surface area contributed by atoms with E-state index in [9.17, 15) is 17.6 Å². The first-order valence-corrected chi connectivity index (χ1v) is 11.7. The summed E-state index contributed by atoms with van der Waals surface area (Å²) < 4.78 is 46.2. The van der Waals surface area contributed by atoms with Crippen molar-refractivity contribution in [1.29, 1.82) is 0 Å². The third kappa shape index (κ3) is 4.68. The Morgan fingerprint density at radius 3 is 2.41 bits per heavy atom. The van der Waals surface area contributed by atoms with Gasteiger partial charge in [-0.25, -0.2) is 12.8 Å². The molecule has 0 bridgehead atoms. The second-order valence-electron chi connectivity index (χ2n) is 7.64. The molecule has 0 saturated carbocycles. The molecule has 0 N–H and O–H groups in total. The molecule has 4 rings (SSSR count). The molecule has 168 valence electrons. The summed E-state index contributed by atoms with van der Waals surface area (Å²) in [5.41, 5.74) is 1.15. The molecule has 0 unspecified atom stereocenters. The molecule has 7 nitrogen and oxygen atoms in total. The quantitative estimate of drug-likeness (QED) is 0.568. The maximum atomic E-state index is 13.2. The van der Waals surface area contributed by atoms with E-state index in [1.54, 1.807) is 43.4 Å². The number of furan rings is 1. The standard InChI is InChI=1S/C23H24FN3O4S/c1-25(17-21-5-3-15-31-21)23(28)18-4-2-6-22(16-18)32(29,30)27-13-11-26(12-14-27)20-9-7-19(24)8-10-20/h2-10,15-16H,11-14,17H2,1H3. The van der Waals surface area contributed by atoms with Crippen molar-refractivity contribution in [2.24, 2.45) is 0 Å². The average Bonchev–Trinajstić information content (AvgIpc) is 3.32. The number of halogens is 1. The first kappa shape index (κ1) is 22.0. The van der Waals surface area contributed by atoms with Crippen LogP contribution in [0.15, 0.2) is 76.2 Å². The fraction of sp³-hybridized carbons (Fsp3) is 0.261. The molecular weight excluding hydrogens is 433 g/mol. The third-order valence-corrected chi connectivity index (χ3v) is 7.36. The van der Waals surface area contributed by atoms with Crippen LogP contribution in [-0.4, -0.2) is 56.8 Å². The number of amides is 1. The number of sulfonamides is 1. The first-order valence-electron chi connectivity index (χ1n) is 10.2. The van der Waals surface area contributed by atoms with Gasteiger partial charge in [0.1, 0.15) is 11.6 Å². The van der Waals surface area contributed by atoms with Gasteiger partial charge in [-0.05, 0) is 54.6 Å². The van der Waals surface area contributed by atoms with Gasteiger partial charge in [0, 0.05) is 44.5 Å². The van der Waals surface area contributed by atoms with Crippen LogP contribution in [0.25, 0.3) is 0 Å². The zero-order chi connectivity index (χ0) is 22.7. The Kier molecular flexibility index (Phi) is 6.29. The van der Waals surface area contributed by atoms with E-state index in [0.29, 0.717) is 37.5 Å². The minimum Gasteiger partial charge on any atom is -0.467 e. The van der Waals surface area contributed by atoms with Crippen LogP contribution >= 0.6 is 0 Å². The van der Waals surface area contributed by atoms with Gasteiger partial charge >= 0.3 is 0 Å². The van der Waals surface area contributed by atoms with Crippen molar-refractivity contribution >= 4 is 21.6 Å². The number of nitrogens with zero attached hydrogens (tertiary/aromatic N) is 3. The molecule has 2 heterocycles. The Morgan fingerprint density at radius 1 is 1.03 bits per heavy atom. The number of carbonyl (C=O) groups is 1. The van der Waals surface area contributed by atoms with Crippen LogP contribution < -0.4 is 4.90 Å². The summed E-state index contributed by atoms with van der Waals surface area (Å²) in [6, 6.07) is 15.8. The number of piperazine rings is 1. The molecule has 0 atom stereocenters. The van der Waals surface area contributed by atoms with E-state index in [1.165, 1.54) is 39.7 Å². The van der Waals surface area contributed by atoms with Gasteiger partial charge in [-0.15, -0.1) is 0 Å². The summed E-state index contributed by atoms with van der Waals surface area (Å²) >= 11 is 0. The summed E-state index contributed by atoms with van der Waals surface area (Å²) in [4.78, 5) is 16.4. The van der Waals surface area contributed by atoms with Gasteiger partial charge < -0.3 is 14.2 Å². The highest BCUT2D eigenvalue weighted by Crippen LogP contribution is 2.22. The molecule has 1 amide bonds. The Bertz CT molecular complexity index is 1170. The van der Waals surface area contributed by atoms with Gasteiger partial charge in [-0.3, -0.25) is 4.79 Å². The molecule has 0 spiro atoms. The molecule has 0 aliphatic carbocycles. The van der Waals surface area contributed by atoms with Gasteiger partial charge in [0.2, 0.25) is 10.0 Å². The topological polar surface area (TPSA) is 74.1 Å². The fourth-order valence-electron chi connectivity index (χ4n) is 3.71. The van der Waals surface area contributed by atoms with Crippen molar-refractivity contribution in [2.75, 3.05) is 38.1 Å². The lowest BCUT2D eigenvalue weighted by Crippen LogP contribution is -2.48. The van der Waals surface area contributed by atoms with Crippen LogP contribution in [0.1, 0.15) is 16.1 Å². The number of carbonyl (C=O) groups excluding carboxylic acids is 1. The number of hydrogen-bond donors (Lipinski definition) is 0. The number of hydrogen-bond acceptors (Lipinski definition) is 5. The molecule has 3 aromatic rings. The minimum atomic E-state index is -3.75. The molecule has 1 aliphatic rings. The van der Waals surface area contributed by atoms with Crippen molar-refractivity contribution < 1.29 is 22.0 Å². The normalized spacial score (nSPS) is 15.0. The summed E-state index contributed by atoms with van der Waals surface area (Å²) in [7, 11) is -2.11. The second kappa shape index (κ2) is 9.13. The minimum absolute atomic E-state index is 0.0879. The SMILES string of the molecule is CN(Cc1ccco1)C(=O)c1cccc(S(=O)(=O)N2CCN(c3ccc(F)cc3)CC2)c1. The van der Waals surface area contributed by atoms with Gasteiger partial charge in [-0.2, -0.15) is 4.31 Å². The molecule has 9 heteroatoms. The van der Waals surface area contributed by atoms with E-state index in [2.05, 4.69) is 0 Å². The van der Waals surface area contributed by atoms with Crippen LogP contribution in [-0.2, 0) is 16.6 Å². The highest BCUT2D eigenvalue weighted by molar-refractivity contribution is 7.89. The van der Waals surface area contributed by atoms with Crippen LogP contribution in [0.3, 0.4) is 0 Å². The summed E-state index contributed by atoms with van der Waals surface area (Å²) in [6.07, 6.45) is 1.54. The molecule has 1 fully saturated rings. The highest BCUT2D eigenvalue weighted by Gasteiger charge is 2.29. The third-order valence-electron chi connectivity index (χ3n) is 5.47. The van der Waals surface area contributed by atoms with Gasteiger partial charge in [0.25, 0.3) is 5.91 Å². The lowest BCUT2D eigenvalue weighted by atomic mass is 10.2. The van der Waals surface area contributed by atoms with E-state index in [1.807, 2.05) is 4.90 Å². The van der Waals surface area contributed by atoms with Crippen molar-refractivity contribution in [2.45, 2.75) is 11.4 Å². The zero-order valence-electron chi connectivity index (χ0n) is 17.6. The van der Waals surface area contributed by atoms with Crippen LogP contribution in [0.4, 0.5) is 10.1 Å². The van der Waals surface area contributed by atoms with E-state index in [4.69, 9.17) is 4.42 Å². The van der Waals surface area contributed by atoms with E-state index >= 15 is 0 Å². The Labute approximate surface area is 186 Å². The summed E-state index contributed by atoms with van der Waals surface area (Å²) in [5.74, 6) is 0.0439. The van der Waals surface area contributed by atoms with E-state index in [-0.39, 0.29) is 23.2 Å². The molecular formula is C23H24FN3O4S. The predicted molar refractivity (Wildman–Crippen MR) is 118 cm³/mol. The van der Waals surface area contributed by atoms with Crippen molar-refractivity contribution in [3.63, 3.8) is 0 Å². The number of rotatable bonds is 6. The number of benzene rings is 2. The molecule has 32 heavy (non-hydrogen) atoms. The lowest BCUT2D eigenvalue weighted by Gasteiger charge is -2.35. The van der Waals surface area contributed by atoms with Crippen molar-refractivity contribution in [3.05, 3.63) is 84.1 Å². The maximum Gasteiger partial charge on any atom is 0.254 e. The predicted octanol–water partition coefficient (Wildman–Crippen LogP) is 3.20. The zero-order valence-corrected chi connectivity index (χ0v) is 18.5. The smallest absolute Gasteiger partial charge is 0.254 e. The average molecular weight is 458 g/mol. The molecule has 2 aromatic carbocycles. The second-order valence-corrected chi connectivity index (χ2v) is 9.57. The van der Waals surface area contributed by atoms with Gasteiger partial charge in [-0.1, -0.05) is 6.07 Å². The molecule has 1 aromatic heterocycles. The molecule has 1 saturated heterocycles. The first-order chi connectivity index (χ1) is 15.3. The Hall–Kier alpha value is -3.17. The highest BCUT2D eigenvalue weighted by atomic mass is 32.2. The summed E-state index contributed by atoms with van der Waals surface area (Å²) in [5, 5.41) is 0. The van der Waals surface area contributed by atoms with Crippen LogP contribution in [0.5, 0.6) is 0 Å². The van der Waals surface area contributed by atoms with Crippen molar-refractivity contribution in [1.82, 2.24) is 9.21 Å².